The van der Waals surface area contributed by atoms with Gasteiger partial charge in [0.05, 0.1) is 11.4 Å². The molecular formula is C22H17N5O3S. The first kappa shape index (κ1) is 19.0. The number of aromatic amines is 1. The van der Waals surface area contributed by atoms with Crippen molar-refractivity contribution in [2.24, 2.45) is 0 Å². The van der Waals surface area contributed by atoms with Crippen molar-refractivity contribution >= 4 is 50.8 Å². The largest absolute Gasteiger partial charge is 0.360 e. The summed E-state index contributed by atoms with van der Waals surface area (Å²) in [5.41, 5.74) is 6.25. The van der Waals surface area contributed by atoms with Gasteiger partial charge in [-0.2, -0.15) is 0 Å². The predicted molar refractivity (Wildman–Crippen MR) is 119 cm³/mol. The van der Waals surface area contributed by atoms with Crippen LogP contribution < -0.4 is 15.8 Å². The SMILES string of the molecule is O=C1CCC(=O)N(c2ccc(C(=O)Nc3nc(-c4c[nH]c5ccccc45)cs3)cc2)N1. The molecular weight excluding hydrogens is 414 g/mol. The molecule has 5 rings (SSSR count). The van der Waals surface area contributed by atoms with Crippen molar-refractivity contribution < 1.29 is 14.4 Å². The van der Waals surface area contributed by atoms with E-state index in [2.05, 4.69) is 20.7 Å². The van der Waals surface area contributed by atoms with Gasteiger partial charge in [0, 0.05) is 46.4 Å². The number of hydrogen-bond donors (Lipinski definition) is 3. The van der Waals surface area contributed by atoms with Gasteiger partial charge in [-0.15, -0.1) is 11.3 Å². The molecule has 3 heterocycles. The Balaban J connectivity index is 1.31. The van der Waals surface area contributed by atoms with Crippen LogP contribution in [0.15, 0.2) is 60.1 Å². The number of para-hydroxylation sites is 1. The van der Waals surface area contributed by atoms with Crippen molar-refractivity contribution in [3.05, 3.63) is 65.7 Å². The number of hydrogen-bond acceptors (Lipinski definition) is 5. The number of nitrogens with zero attached hydrogens (tertiary/aromatic N) is 2. The molecule has 0 aliphatic carbocycles. The number of carbonyl (C=O) groups excluding carboxylic acids is 3. The summed E-state index contributed by atoms with van der Waals surface area (Å²) in [5, 5.41) is 7.49. The Morgan fingerprint density at radius 3 is 2.71 bits per heavy atom. The van der Waals surface area contributed by atoms with E-state index in [1.807, 2.05) is 35.8 Å². The number of nitrogens with one attached hydrogen (secondary N) is 3. The maximum absolute atomic E-state index is 12.6. The molecule has 2 aromatic heterocycles. The van der Waals surface area contributed by atoms with E-state index in [-0.39, 0.29) is 30.6 Å². The van der Waals surface area contributed by atoms with E-state index < -0.39 is 0 Å². The molecule has 2 aromatic carbocycles. The lowest BCUT2D eigenvalue weighted by Gasteiger charge is -2.27. The van der Waals surface area contributed by atoms with Crippen LogP contribution >= 0.6 is 11.3 Å². The Hall–Kier alpha value is -3.98. The molecule has 3 amide bonds. The lowest BCUT2D eigenvalue weighted by molar-refractivity contribution is -0.130. The fourth-order valence-corrected chi connectivity index (χ4v) is 4.16. The maximum atomic E-state index is 12.6. The zero-order chi connectivity index (χ0) is 21.4. The number of carbonyl (C=O) groups is 3. The van der Waals surface area contributed by atoms with Gasteiger partial charge in [0.1, 0.15) is 0 Å². The highest BCUT2D eigenvalue weighted by molar-refractivity contribution is 7.14. The fourth-order valence-electron chi connectivity index (χ4n) is 3.45. The van der Waals surface area contributed by atoms with Crippen LogP contribution in [0.3, 0.4) is 0 Å². The van der Waals surface area contributed by atoms with E-state index >= 15 is 0 Å². The second-order valence-electron chi connectivity index (χ2n) is 7.05. The van der Waals surface area contributed by atoms with E-state index in [9.17, 15) is 14.4 Å². The van der Waals surface area contributed by atoms with Gasteiger partial charge in [-0.05, 0) is 30.3 Å². The van der Waals surface area contributed by atoms with Crippen molar-refractivity contribution in [3.63, 3.8) is 0 Å². The number of hydrazine groups is 1. The number of amides is 3. The average Bonchev–Trinajstić information content (AvgIpc) is 3.42. The Morgan fingerprint density at radius 1 is 1.06 bits per heavy atom. The molecule has 154 valence electrons. The second kappa shape index (κ2) is 7.69. The first-order valence-corrected chi connectivity index (χ1v) is 10.5. The van der Waals surface area contributed by atoms with Gasteiger partial charge in [-0.25, -0.2) is 9.99 Å². The smallest absolute Gasteiger partial charge is 0.257 e. The van der Waals surface area contributed by atoms with Crippen LogP contribution in [-0.4, -0.2) is 27.7 Å². The molecule has 31 heavy (non-hydrogen) atoms. The summed E-state index contributed by atoms with van der Waals surface area (Å²) in [7, 11) is 0. The van der Waals surface area contributed by atoms with Gasteiger partial charge in [0.15, 0.2) is 5.13 Å². The van der Waals surface area contributed by atoms with Gasteiger partial charge >= 0.3 is 0 Å². The molecule has 1 aliphatic heterocycles. The Kier molecular flexibility index (Phi) is 4.72. The molecule has 3 N–H and O–H groups in total. The summed E-state index contributed by atoms with van der Waals surface area (Å²) in [6.07, 6.45) is 2.26. The van der Waals surface area contributed by atoms with Crippen molar-refractivity contribution in [2.45, 2.75) is 12.8 Å². The number of fused-ring (bicyclic) bond motifs is 1. The van der Waals surface area contributed by atoms with Gasteiger partial charge in [-0.3, -0.25) is 25.1 Å². The van der Waals surface area contributed by atoms with Crippen LogP contribution in [0.4, 0.5) is 10.8 Å². The van der Waals surface area contributed by atoms with Crippen molar-refractivity contribution in [1.29, 1.82) is 0 Å². The van der Waals surface area contributed by atoms with Crippen LogP contribution in [0.1, 0.15) is 23.2 Å². The van der Waals surface area contributed by atoms with Gasteiger partial charge in [0.2, 0.25) is 11.8 Å². The summed E-state index contributed by atoms with van der Waals surface area (Å²) in [4.78, 5) is 44.0. The zero-order valence-corrected chi connectivity index (χ0v) is 17.0. The Labute approximate surface area is 180 Å². The molecule has 0 saturated carbocycles. The molecule has 0 bridgehead atoms. The third kappa shape index (κ3) is 3.66. The number of aromatic nitrogens is 2. The molecule has 4 aromatic rings. The summed E-state index contributed by atoms with van der Waals surface area (Å²) in [6, 6.07) is 14.4. The molecule has 1 saturated heterocycles. The van der Waals surface area contributed by atoms with E-state index in [1.54, 1.807) is 24.3 Å². The quantitative estimate of drug-likeness (QED) is 0.458. The van der Waals surface area contributed by atoms with Crippen LogP contribution in [0.5, 0.6) is 0 Å². The molecule has 0 spiro atoms. The van der Waals surface area contributed by atoms with E-state index in [0.717, 1.165) is 22.2 Å². The summed E-state index contributed by atoms with van der Waals surface area (Å²) >= 11 is 1.35. The van der Waals surface area contributed by atoms with Crippen molar-refractivity contribution in [2.75, 3.05) is 10.3 Å². The normalized spacial score (nSPS) is 14.0. The molecule has 0 unspecified atom stereocenters. The maximum Gasteiger partial charge on any atom is 0.257 e. The van der Waals surface area contributed by atoms with E-state index in [4.69, 9.17) is 0 Å². The molecule has 1 aliphatic rings. The highest BCUT2D eigenvalue weighted by atomic mass is 32.1. The Bertz CT molecular complexity index is 1310. The van der Waals surface area contributed by atoms with Gasteiger partial charge in [-0.1, -0.05) is 18.2 Å². The summed E-state index contributed by atoms with van der Waals surface area (Å²) in [5.74, 6) is -0.707. The Morgan fingerprint density at radius 2 is 1.87 bits per heavy atom. The number of H-pyrrole nitrogens is 1. The molecule has 9 heteroatoms. The number of benzene rings is 2. The monoisotopic (exact) mass is 431 g/mol. The van der Waals surface area contributed by atoms with Crippen LogP contribution in [0.2, 0.25) is 0 Å². The zero-order valence-electron chi connectivity index (χ0n) is 16.2. The minimum Gasteiger partial charge on any atom is -0.360 e. The third-order valence-electron chi connectivity index (χ3n) is 5.03. The highest BCUT2D eigenvalue weighted by Crippen LogP contribution is 2.31. The van der Waals surface area contributed by atoms with E-state index in [1.165, 1.54) is 16.3 Å². The minimum absolute atomic E-state index is 0.164. The molecule has 8 nitrogen and oxygen atoms in total. The lowest BCUT2D eigenvalue weighted by atomic mass is 10.1. The van der Waals surface area contributed by atoms with E-state index in [0.29, 0.717) is 16.4 Å². The second-order valence-corrected chi connectivity index (χ2v) is 7.91. The minimum atomic E-state index is -0.305. The topological polar surface area (TPSA) is 107 Å². The summed E-state index contributed by atoms with van der Waals surface area (Å²) in [6.45, 7) is 0. The average molecular weight is 431 g/mol. The third-order valence-corrected chi connectivity index (χ3v) is 5.79. The molecule has 0 atom stereocenters. The van der Waals surface area contributed by atoms with Crippen LogP contribution in [0.25, 0.3) is 22.2 Å². The highest BCUT2D eigenvalue weighted by Gasteiger charge is 2.24. The lowest BCUT2D eigenvalue weighted by Crippen LogP contribution is -2.50. The fraction of sp³-hybridized carbons (Fsp3) is 0.0909. The first-order valence-electron chi connectivity index (χ1n) is 9.64. The van der Waals surface area contributed by atoms with Gasteiger partial charge in [0.25, 0.3) is 5.91 Å². The summed E-state index contributed by atoms with van der Waals surface area (Å²) < 4.78 is 0. The predicted octanol–water partition coefficient (Wildman–Crippen LogP) is 3.70. The van der Waals surface area contributed by atoms with Crippen molar-refractivity contribution in [3.8, 4) is 11.3 Å². The first-order chi connectivity index (χ1) is 15.1. The van der Waals surface area contributed by atoms with Crippen LogP contribution in [0, 0.1) is 0 Å². The molecule has 0 radical (unpaired) electrons. The van der Waals surface area contributed by atoms with Gasteiger partial charge < -0.3 is 4.98 Å². The number of thiazole rings is 1. The van der Waals surface area contributed by atoms with Crippen LogP contribution in [-0.2, 0) is 9.59 Å². The van der Waals surface area contributed by atoms with Crippen molar-refractivity contribution in [1.82, 2.24) is 15.4 Å². The number of anilines is 2. The number of rotatable bonds is 4. The standard InChI is InChI=1S/C22H17N5O3S/c28-19-9-10-20(29)27(26-19)14-7-5-13(6-8-14)21(30)25-22-24-18(12-31-22)16-11-23-17-4-2-1-3-15(16)17/h1-8,11-12,23H,9-10H2,(H,26,28)(H,24,25,30). The molecule has 1 fully saturated rings.